The first-order valence-electron chi connectivity index (χ1n) is 8.32. The van der Waals surface area contributed by atoms with E-state index in [9.17, 15) is 4.79 Å². The van der Waals surface area contributed by atoms with Gasteiger partial charge in [-0.1, -0.05) is 5.21 Å². The Hall–Kier alpha value is -2.22. The third kappa shape index (κ3) is 3.64. The molecule has 2 aromatic heterocycles. The zero-order chi connectivity index (χ0) is 17.1. The van der Waals surface area contributed by atoms with Crippen LogP contribution >= 0.6 is 0 Å². The van der Waals surface area contributed by atoms with E-state index in [4.69, 9.17) is 4.74 Å². The molecule has 1 atom stereocenters. The molecule has 24 heavy (non-hydrogen) atoms. The Labute approximate surface area is 141 Å². The number of aryl methyl sites for hydroxylation is 2. The number of hydrogen-bond donors (Lipinski definition) is 1. The van der Waals surface area contributed by atoms with Gasteiger partial charge in [0, 0.05) is 25.9 Å². The molecule has 2 aromatic rings. The molecule has 130 valence electrons. The smallest absolute Gasteiger partial charge is 0.275 e. The lowest BCUT2D eigenvalue weighted by Gasteiger charge is -2.15. The molecule has 0 spiro atoms. The van der Waals surface area contributed by atoms with E-state index in [0.29, 0.717) is 18.8 Å². The predicted molar refractivity (Wildman–Crippen MR) is 87.7 cm³/mol. The minimum absolute atomic E-state index is 0.118. The second-order valence-electron chi connectivity index (χ2n) is 6.35. The van der Waals surface area contributed by atoms with Crippen LogP contribution in [-0.2, 0) is 17.7 Å². The van der Waals surface area contributed by atoms with Gasteiger partial charge >= 0.3 is 0 Å². The highest BCUT2D eigenvalue weighted by molar-refractivity contribution is 5.91. The van der Waals surface area contributed by atoms with Crippen LogP contribution in [0.5, 0.6) is 0 Å². The maximum atomic E-state index is 12.5. The van der Waals surface area contributed by atoms with Gasteiger partial charge in [0.15, 0.2) is 5.69 Å². The molecule has 0 aliphatic carbocycles. The van der Waals surface area contributed by atoms with Gasteiger partial charge in [0.25, 0.3) is 5.91 Å². The molecule has 0 radical (unpaired) electrons. The normalized spacial score (nSPS) is 17.4. The number of carbonyl (C=O) groups excluding carboxylic acids is 1. The van der Waals surface area contributed by atoms with Crippen LogP contribution < -0.4 is 0 Å². The Morgan fingerprint density at radius 1 is 1.50 bits per heavy atom. The lowest BCUT2D eigenvalue weighted by atomic mass is 10.1. The summed E-state index contributed by atoms with van der Waals surface area (Å²) in [5, 5.41) is 15.2. The van der Waals surface area contributed by atoms with Gasteiger partial charge < -0.3 is 9.64 Å². The fourth-order valence-corrected chi connectivity index (χ4v) is 3.00. The molecular weight excluding hydrogens is 308 g/mol. The van der Waals surface area contributed by atoms with Crippen molar-refractivity contribution in [3.8, 4) is 0 Å². The van der Waals surface area contributed by atoms with Crippen molar-refractivity contribution in [1.29, 1.82) is 0 Å². The average Bonchev–Trinajstić information content (AvgIpc) is 3.29. The molecule has 1 saturated heterocycles. The van der Waals surface area contributed by atoms with Crippen LogP contribution in [0.3, 0.4) is 0 Å². The first-order chi connectivity index (χ1) is 11.5. The fourth-order valence-electron chi connectivity index (χ4n) is 3.00. The summed E-state index contributed by atoms with van der Waals surface area (Å²) in [4.78, 5) is 14.2. The summed E-state index contributed by atoms with van der Waals surface area (Å²) in [6.45, 7) is 6.03. The number of likely N-dealkylation sites (N-methyl/N-ethyl adjacent to an activating group) is 1. The Kier molecular flexibility index (Phi) is 4.94. The van der Waals surface area contributed by atoms with Crippen LogP contribution in [0.25, 0.3) is 0 Å². The van der Waals surface area contributed by atoms with Crippen LogP contribution in [0, 0.1) is 13.8 Å². The number of rotatable bonds is 6. The molecule has 3 heterocycles. The summed E-state index contributed by atoms with van der Waals surface area (Å²) in [6, 6.07) is 0. The molecule has 1 fully saturated rings. The van der Waals surface area contributed by atoms with Gasteiger partial charge in [-0.15, -0.1) is 5.10 Å². The van der Waals surface area contributed by atoms with Gasteiger partial charge in [0.2, 0.25) is 0 Å². The van der Waals surface area contributed by atoms with E-state index in [1.54, 1.807) is 22.8 Å². The van der Waals surface area contributed by atoms with Gasteiger partial charge in [-0.05, 0) is 38.7 Å². The average molecular weight is 332 g/mol. The quantitative estimate of drug-likeness (QED) is 0.856. The molecule has 0 aromatic carbocycles. The predicted octanol–water partition coefficient (Wildman–Crippen LogP) is 1.11. The van der Waals surface area contributed by atoms with Gasteiger partial charge in [0.05, 0.1) is 24.5 Å². The monoisotopic (exact) mass is 332 g/mol. The summed E-state index contributed by atoms with van der Waals surface area (Å²) in [7, 11) is 1.78. The fraction of sp³-hybridized carbons (Fsp3) is 0.625. The van der Waals surface area contributed by atoms with Gasteiger partial charge in [-0.2, -0.15) is 5.10 Å². The van der Waals surface area contributed by atoms with E-state index in [1.807, 2.05) is 13.8 Å². The maximum Gasteiger partial charge on any atom is 0.275 e. The van der Waals surface area contributed by atoms with Crippen LogP contribution in [-0.4, -0.2) is 62.3 Å². The van der Waals surface area contributed by atoms with E-state index < -0.39 is 0 Å². The van der Waals surface area contributed by atoms with E-state index in [2.05, 4.69) is 20.5 Å². The molecule has 3 rings (SSSR count). The lowest BCUT2D eigenvalue weighted by Crippen LogP contribution is -2.29. The van der Waals surface area contributed by atoms with Crippen LogP contribution in [0.1, 0.15) is 40.3 Å². The number of amides is 1. The second-order valence-corrected chi connectivity index (χ2v) is 6.35. The number of ether oxygens (including phenoxy) is 1. The van der Waals surface area contributed by atoms with E-state index >= 15 is 0 Å². The molecule has 8 nitrogen and oxygen atoms in total. The summed E-state index contributed by atoms with van der Waals surface area (Å²) < 4.78 is 7.28. The molecule has 1 N–H and O–H groups in total. The van der Waals surface area contributed by atoms with Gasteiger partial charge in [-0.25, -0.2) is 4.68 Å². The Balaban J connectivity index is 1.56. The first-order valence-corrected chi connectivity index (χ1v) is 8.32. The topological polar surface area (TPSA) is 88.9 Å². The van der Waals surface area contributed by atoms with Crippen molar-refractivity contribution in [2.45, 2.75) is 45.8 Å². The minimum atomic E-state index is -0.118. The number of aromatic amines is 1. The number of H-pyrrole nitrogens is 1. The summed E-state index contributed by atoms with van der Waals surface area (Å²) in [5.41, 5.74) is 3.57. The number of nitrogens with zero attached hydrogens (tertiary/aromatic N) is 5. The lowest BCUT2D eigenvalue weighted by molar-refractivity contribution is 0.0790. The molecule has 1 aliphatic heterocycles. The van der Waals surface area contributed by atoms with E-state index in [0.717, 1.165) is 42.8 Å². The Morgan fingerprint density at radius 2 is 2.33 bits per heavy atom. The summed E-state index contributed by atoms with van der Waals surface area (Å²) >= 11 is 0. The van der Waals surface area contributed by atoms with E-state index in [-0.39, 0.29) is 12.0 Å². The number of hydrogen-bond acceptors (Lipinski definition) is 5. The highest BCUT2D eigenvalue weighted by Crippen LogP contribution is 2.14. The summed E-state index contributed by atoms with van der Waals surface area (Å²) in [6.07, 6.45) is 4.77. The minimum Gasteiger partial charge on any atom is -0.376 e. The number of nitrogens with one attached hydrogen (secondary N) is 1. The van der Waals surface area contributed by atoms with Crippen molar-refractivity contribution < 1.29 is 9.53 Å². The van der Waals surface area contributed by atoms with Crippen LogP contribution in [0.2, 0.25) is 0 Å². The van der Waals surface area contributed by atoms with E-state index in [1.165, 1.54) is 0 Å². The molecular formula is C16H24N6O2. The first kappa shape index (κ1) is 16.6. The molecule has 0 bridgehead atoms. The maximum absolute atomic E-state index is 12.5. The molecule has 1 unspecified atom stereocenters. The number of carbonyl (C=O) groups is 1. The molecule has 8 heteroatoms. The highest BCUT2D eigenvalue weighted by atomic mass is 16.5. The molecule has 1 amide bonds. The van der Waals surface area contributed by atoms with Crippen molar-refractivity contribution in [1.82, 2.24) is 30.1 Å². The standard InChI is InChI=1S/C16H24N6O2/c1-11-14(12(2)18-17-11)6-7-21(3)16(23)15-10-22(20-19-15)9-13-5-4-8-24-13/h10,13H,4-9H2,1-3H3,(H,17,18). The SMILES string of the molecule is Cc1n[nH]c(C)c1CCN(C)C(=O)c1cn(CC2CCCO2)nn1. The zero-order valence-corrected chi connectivity index (χ0v) is 14.4. The van der Waals surface area contributed by atoms with Crippen molar-refractivity contribution in [2.24, 2.45) is 0 Å². The summed E-state index contributed by atoms with van der Waals surface area (Å²) in [5.74, 6) is -0.118. The van der Waals surface area contributed by atoms with Gasteiger partial charge in [-0.3, -0.25) is 9.89 Å². The highest BCUT2D eigenvalue weighted by Gasteiger charge is 2.20. The van der Waals surface area contributed by atoms with Crippen molar-refractivity contribution >= 4 is 5.91 Å². The zero-order valence-electron chi connectivity index (χ0n) is 14.4. The van der Waals surface area contributed by atoms with Crippen molar-refractivity contribution in [2.75, 3.05) is 20.2 Å². The van der Waals surface area contributed by atoms with Gasteiger partial charge in [0.1, 0.15) is 0 Å². The van der Waals surface area contributed by atoms with Crippen LogP contribution in [0.4, 0.5) is 0 Å². The Morgan fingerprint density at radius 3 is 3.00 bits per heavy atom. The molecule has 0 saturated carbocycles. The Bertz CT molecular complexity index is 682. The third-order valence-electron chi connectivity index (χ3n) is 4.50. The molecule has 1 aliphatic rings. The van der Waals surface area contributed by atoms with Crippen LogP contribution in [0.15, 0.2) is 6.20 Å². The van der Waals surface area contributed by atoms with Crippen molar-refractivity contribution in [3.05, 3.63) is 28.8 Å². The number of aromatic nitrogens is 5. The largest absolute Gasteiger partial charge is 0.376 e. The van der Waals surface area contributed by atoms with Crippen molar-refractivity contribution in [3.63, 3.8) is 0 Å². The third-order valence-corrected chi connectivity index (χ3v) is 4.50. The second kappa shape index (κ2) is 7.12.